The molecular weight excluding hydrogens is 221 g/mol. The molecule has 0 unspecified atom stereocenters. The Morgan fingerprint density at radius 3 is 2.71 bits per heavy atom. The first-order valence-corrected chi connectivity index (χ1v) is 5.90. The van der Waals surface area contributed by atoms with Crippen LogP contribution in [0.15, 0.2) is 18.2 Å². The Hall–Kier alpha value is -1.13. The van der Waals surface area contributed by atoms with Crippen molar-refractivity contribution < 1.29 is 14.2 Å². The van der Waals surface area contributed by atoms with Gasteiger partial charge in [0.1, 0.15) is 11.6 Å². The lowest BCUT2D eigenvalue weighted by atomic mass is 9.77. The molecule has 2 atom stereocenters. The molecule has 0 aliphatic heterocycles. The molecule has 2 rings (SSSR count). The second-order valence-electron chi connectivity index (χ2n) is 4.59. The van der Waals surface area contributed by atoms with Crippen molar-refractivity contribution in [1.29, 1.82) is 0 Å². The molecular formula is C13H18FNO2. The summed E-state index contributed by atoms with van der Waals surface area (Å²) < 4.78 is 18.7. The molecule has 1 aliphatic rings. The molecule has 0 saturated heterocycles. The van der Waals surface area contributed by atoms with Gasteiger partial charge in [-0.15, -0.1) is 0 Å². The summed E-state index contributed by atoms with van der Waals surface area (Å²) in [6.07, 6.45) is 2.39. The summed E-state index contributed by atoms with van der Waals surface area (Å²) in [6, 6.07) is 3.74. The number of aliphatic hydroxyl groups is 1. The maximum atomic E-state index is 13.7. The van der Waals surface area contributed by atoms with Crippen LogP contribution in [0.3, 0.4) is 0 Å². The number of nitrogens with two attached hydrogens (primary N) is 1. The average molecular weight is 239 g/mol. The van der Waals surface area contributed by atoms with E-state index in [-0.39, 0.29) is 5.92 Å². The minimum atomic E-state index is -0.685. The molecule has 94 valence electrons. The van der Waals surface area contributed by atoms with Gasteiger partial charge >= 0.3 is 0 Å². The van der Waals surface area contributed by atoms with Crippen molar-refractivity contribution in [3.8, 4) is 5.75 Å². The maximum Gasteiger partial charge on any atom is 0.128 e. The quantitative estimate of drug-likeness (QED) is 0.845. The molecule has 0 amide bonds. The summed E-state index contributed by atoms with van der Waals surface area (Å²) in [7, 11) is 1.52. The largest absolute Gasteiger partial charge is 0.497 e. The minimum Gasteiger partial charge on any atom is -0.497 e. The van der Waals surface area contributed by atoms with Gasteiger partial charge in [-0.25, -0.2) is 4.39 Å². The molecule has 1 aromatic rings. The van der Waals surface area contributed by atoms with Gasteiger partial charge in [-0.1, -0.05) is 6.42 Å². The molecule has 3 nitrogen and oxygen atoms in total. The molecule has 0 spiro atoms. The third-order valence-corrected chi connectivity index (χ3v) is 3.56. The molecule has 1 aromatic carbocycles. The summed E-state index contributed by atoms with van der Waals surface area (Å²) in [5.74, 6) is 0.366. The molecule has 17 heavy (non-hydrogen) atoms. The highest BCUT2D eigenvalue weighted by molar-refractivity contribution is 5.32. The number of ether oxygens (including phenoxy) is 1. The predicted octanol–water partition coefficient (Wildman–Crippen LogP) is 2.00. The summed E-state index contributed by atoms with van der Waals surface area (Å²) >= 11 is 0. The smallest absolute Gasteiger partial charge is 0.128 e. The van der Waals surface area contributed by atoms with Crippen LogP contribution in [0.5, 0.6) is 5.75 Å². The Kier molecular flexibility index (Phi) is 3.64. The van der Waals surface area contributed by atoms with E-state index >= 15 is 0 Å². The highest BCUT2D eigenvalue weighted by Crippen LogP contribution is 2.35. The SMILES string of the molecule is COc1ccc(F)c([C@H](N)[C@H](O)C2CCC2)c1. The van der Waals surface area contributed by atoms with Crippen molar-refractivity contribution in [2.75, 3.05) is 7.11 Å². The normalized spacial score (nSPS) is 19.5. The molecule has 1 saturated carbocycles. The summed E-state index contributed by atoms with van der Waals surface area (Å²) in [5.41, 5.74) is 6.25. The lowest BCUT2D eigenvalue weighted by Gasteiger charge is -2.33. The zero-order chi connectivity index (χ0) is 12.4. The van der Waals surface area contributed by atoms with Crippen LogP contribution in [0, 0.1) is 11.7 Å². The van der Waals surface area contributed by atoms with E-state index in [0.29, 0.717) is 11.3 Å². The first-order chi connectivity index (χ1) is 8.13. The standard InChI is InChI=1S/C13H18FNO2/c1-17-9-5-6-11(14)10(7-9)12(15)13(16)8-3-2-4-8/h5-8,12-13,16H,2-4,15H2,1H3/t12-,13+/m0/s1. The fourth-order valence-corrected chi connectivity index (χ4v) is 2.16. The number of rotatable bonds is 4. The molecule has 3 N–H and O–H groups in total. The minimum absolute atomic E-state index is 0.204. The van der Waals surface area contributed by atoms with Gasteiger partial charge in [0.15, 0.2) is 0 Å². The van der Waals surface area contributed by atoms with Crippen molar-refractivity contribution in [3.05, 3.63) is 29.6 Å². The molecule has 4 heteroatoms. The van der Waals surface area contributed by atoms with Crippen molar-refractivity contribution in [2.45, 2.75) is 31.4 Å². The van der Waals surface area contributed by atoms with Gasteiger partial charge in [0, 0.05) is 5.56 Å². The van der Waals surface area contributed by atoms with Crippen LogP contribution in [-0.4, -0.2) is 18.3 Å². The van der Waals surface area contributed by atoms with Crippen molar-refractivity contribution >= 4 is 0 Å². The van der Waals surface area contributed by atoms with Crippen LogP contribution in [0.1, 0.15) is 30.9 Å². The second kappa shape index (κ2) is 5.02. The fraction of sp³-hybridized carbons (Fsp3) is 0.538. The number of methoxy groups -OCH3 is 1. The van der Waals surface area contributed by atoms with Gasteiger partial charge < -0.3 is 15.6 Å². The van der Waals surface area contributed by atoms with E-state index in [9.17, 15) is 9.50 Å². The highest BCUT2D eigenvalue weighted by atomic mass is 19.1. The Bertz CT molecular complexity index is 393. The first-order valence-electron chi connectivity index (χ1n) is 5.90. The molecule has 1 aliphatic carbocycles. The Labute approximate surface area is 100 Å². The van der Waals surface area contributed by atoms with Crippen LogP contribution < -0.4 is 10.5 Å². The number of benzene rings is 1. The maximum absolute atomic E-state index is 13.7. The lowest BCUT2D eigenvalue weighted by molar-refractivity contribution is 0.0404. The number of halogens is 1. The second-order valence-corrected chi connectivity index (χ2v) is 4.59. The molecule has 0 radical (unpaired) electrons. The van der Waals surface area contributed by atoms with E-state index < -0.39 is 18.0 Å². The van der Waals surface area contributed by atoms with Gasteiger partial charge in [-0.2, -0.15) is 0 Å². The highest BCUT2D eigenvalue weighted by Gasteiger charge is 2.31. The van der Waals surface area contributed by atoms with Gasteiger partial charge in [-0.3, -0.25) is 0 Å². The molecule has 0 aromatic heterocycles. The summed E-state index contributed by atoms with van der Waals surface area (Å²) in [5, 5.41) is 10.0. The molecule has 1 fully saturated rings. The van der Waals surface area contributed by atoms with E-state index in [1.54, 1.807) is 12.1 Å². The van der Waals surface area contributed by atoms with Gasteiger partial charge in [-0.05, 0) is 37.0 Å². The summed E-state index contributed by atoms with van der Waals surface area (Å²) in [4.78, 5) is 0. The third-order valence-electron chi connectivity index (χ3n) is 3.56. The van der Waals surface area contributed by atoms with Crippen LogP contribution in [0.2, 0.25) is 0 Å². The summed E-state index contributed by atoms with van der Waals surface area (Å²) in [6.45, 7) is 0. The Balaban J connectivity index is 2.19. The van der Waals surface area contributed by atoms with Gasteiger partial charge in [0.25, 0.3) is 0 Å². The Morgan fingerprint density at radius 2 is 2.18 bits per heavy atom. The van der Waals surface area contributed by atoms with Gasteiger partial charge in [0.2, 0.25) is 0 Å². The predicted molar refractivity (Wildman–Crippen MR) is 63.2 cm³/mol. The Morgan fingerprint density at radius 1 is 1.47 bits per heavy atom. The van der Waals surface area contributed by atoms with E-state index in [1.165, 1.54) is 13.2 Å². The number of aliphatic hydroxyl groups excluding tert-OH is 1. The van der Waals surface area contributed by atoms with Crippen molar-refractivity contribution in [3.63, 3.8) is 0 Å². The third kappa shape index (κ3) is 2.42. The molecule has 0 bridgehead atoms. The lowest BCUT2D eigenvalue weighted by Crippen LogP contribution is -2.36. The van der Waals surface area contributed by atoms with E-state index in [2.05, 4.69) is 0 Å². The van der Waals surface area contributed by atoms with E-state index in [4.69, 9.17) is 10.5 Å². The van der Waals surface area contributed by atoms with Crippen LogP contribution >= 0.6 is 0 Å². The van der Waals surface area contributed by atoms with E-state index in [1.807, 2.05) is 0 Å². The van der Waals surface area contributed by atoms with Crippen molar-refractivity contribution in [2.24, 2.45) is 11.7 Å². The van der Waals surface area contributed by atoms with Crippen LogP contribution in [0.25, 0.3) is 0 Å². The van der Waals surface area contributed by atoms with E-state index in [0.717, 1.165) is 19.3 Å². The number of hydrogen-bond donors (Lipinski definition) is 2. The zero-order valence-electron chi connectivity index (χ0n) is 9.90. The average Bonchev–Trinajstić information content (AvgIpc) is 2.26. The monoisotopic (exact) mass is 239 g/mol. The zero-order valence-corrected chi connectivity index (χ0v) is 9.90. The fourth-order valence-electron chi connectivity index (χ4n) is 2.16. The number of hydrogen-bond acceptors (Lipinski definition) is 3. The van der Waals surface area contributed by atoms with Gasteiger partial charge in [0.05, 0.1) is 19.3 Å². The topological polar surface area (TPSA) is 55.5 Å². The first kappa shape index (κ1) is 12.3. The van der Waals surface area contributed by atoms with Crippen LogP contribution in [0.4, 0.5) is 4.39 Å². The van der Waals surface area contributed by atoms with Crippen molar-refractivity contribution in [1.82, 2.24) is 0 Å². The molecule has 0 heterocycles. The van der Waals surface area contributed by atoms with Crippen LogP contribution in [-0.2, 0) is 0 Å².